The first kappa shape index (κ1) is 32.7. The summed E-state index contributed by atoms with van der Waals surface area (Å²) in [4.78, 5) is 51.7. The van der Waals surface area contributed by atoms with Crippen LogP contribution in [0.3, 0.4) is 0 Å². The molecular formula is C38H39NO11. The fourth-order valence-corrected chi connectivity index (χ4v) is 9.30. The first-order valence-electron chi connectivity index (χ1n) is 17.2. The number of aliphatic hydroxyl groups excluding tert-OH is 1. The predicted molar refractivity (Wildman–Crippen MR) is 176 cm³/mol. The van der Waals surface area contributed by atoms with Crippen LogP contribution in [0.4, 0.5) is 0 Å². The van der Waals surface area contributed by atoms with Crippen LogP contribution in [0, 0.1) is 5.92 Å². The zero-order chi connectivity index (χ0) is 35.1. The zero-order valence-electron chi connectivity index (χ0n) is 27.9. The van der Waals surface area contributed by atoms with Crippen molar-refractivity contribution in [2.45, 2.75) is 94.5 Å². The molecule has 50 heavy (non-hydrogen) atoms. The van der Waals surface area contributed by atoms with Crippen LogP contribution in [-0.4, -0.2) is 81.0 Å². The Hall–Kier alpha value is -4.52. The standard InChI is InChI=1S/C38H39NO11/c1-19(40)47-25-11-23(14-32(43)44)27-16-26(48-20(2)41)12-24(28(27)17-25)15-33(45)49-30-6-5-22-13-31-38(46)8-7-29(42)36-37(38,34(22)35(30)50-36)9-10-39(31)18-21-3-4-21/h5-6,11-12,16-17,21,29,31,36,42,46H,3-4,7-10,13-15,18H2,1-2H3,(H,43,44)/t29?,31-,36+,37+,38-/m1/s1. The number of benzene rings is 3. The van der Waals surface area contributed by atoms with Gasteiger partial charge in [-0.3, -0.25) is 24.1 Å². The van der Waals surface area contributed by atoms with Crippen molar-refractivity contribution in [2.24, 2.45) is 5.92 Å². The minimum absolute atomic E-state index is 0.0945. The molecule has 2 saturated carbocycles. The lowest BCUT2D eigenvalue weighted by atomic mass is 9.48. The number of carboxylic acid groups (broad SMARTS) is 1. The van der Waals surface area contributed by atoms with Gasteiger partial charge >= 0.3 is 23.9 Å². The Labute approximate surface area is 287 Å². The molecule has 5 atom stereocenters. The van der Waals surface area contributed by atoms with Gasteiger partial charge in [-0.25, -0.2) is 0 Å². The topological polar surface area (TPSA) is 169 Å². The van der Waals surface area contributed by atoms with E-state index >= 15 is 0 Å². The van der Waals surface area contributed by atoms with Crippen LogP contribution in [0.2, 0.25) is 0 Å². The fourth-order valence-electron chi connectivity index (χ4n) is 9.30. The molecule has 3 aliphatic carbocycles. The number of likely N-dealkylation sites (tertiary alicyclic amines) is 1. The molecule has 8 rings (SSSR count). The highest BCUT2D eigenvalue weighted by atomic mass is 16.6. The van der Waals surface area contributed by atoms with E-state index in [9.17, 15) is 34.5 Å². The largest absolute Gasteiger partial charge is 0.482 e. The number of fused-ring (bicyclic) bond motifs is 1. The number of carbonyl (C=O) groups is 4. The molecule has 3 fully saturated rings. The molecule has 0 aromatic heterocycles. The molecule has 3 aromatic rings. The maximum absolute atomic E-state index is 13.8. The molecule has 0 radical (unpaired) electrons. The van der Waals surface area contributed by atoms with E-state index in [4.69, 9.17) is 18.9 Å². The third-order valence-electron chi connectivity index (χ3n) is 11.3. The van der Waals surface area contributed by atoms with Crippen molar-refractivity contribution in [1.82, 2.24) is 4.90 Å². The Balaban J connectivity index is 1.16. The highest BCUT2D eigenvalue weighted by Gasteiger charge is 2.73. The number of aliphatic hydroxyl groups is 2. The molecule has 262 valence electrons. The monoisotopic (exact) mass is 685 g/mol. The van der Waals surface area contributed by atoms with Crippen molar-refractivity contribution in [3.63, 3.8) is 0 Å². The molecule has 0 amide bonds. The van der Waals surface area contributed by atoms with Crippen LogP contribution in [0.5, 0.6) is 23.0 Å². The van der Waals surface area contributed by atoms with Gasteiger partial charge in [0, 0.05) is 32.0 Å². The van der Waals surface area contributed by atoms with Crippen LogP contribution < -0.4 is 18.9 Å². The van der Waals surface area contributed by atoms with Gasteiger partial charge in [-0.1, -0.05) is 6.07 Å². The van der Waals surface area contributed by atoms with Crippen LogP contribution in [0.15, 0.2) is 36.4 Å². The van der Waals surface area contributed by atoms with Gasteiger partial charge in [0.25, 0.3) is 0 Å². The summed E-state index contributed by atoms with van der Waals surface area (Å²) >= 11 is 0. The second-order valence-electron chi connectivity index (χ2n) is 14.5. The minimum Gasteiger partial charge on any atom is -0.482 e. The van der Waals surface area contributed by atoms with Crippen molar-refractivity contribution in [3.05, 3.63) is 58.7 Å². The molecule has 1 spiro atoms. The number of nitrogens with zero attached hydrogens (tertiary/aromatic N) is 1. The van der Waals surface area contributed by atoms with Gasteiger partial charge in [0.1, 0.15) is 17.6 Å². The van der Waals surface area contributed by atoms with Crippen molar-refractivity contribution in [1.29, 1.82) is 0 Å². The molecule has 12 nitrogen and oxygen atoms in total. The second-order valence-corrected chi connectivity index (χ2v) is 14.5. The summed E-state index contributed by atoms with van der Waals surface area (Å²) in [6, 6.07) is 9.51. The summed E-state index contributed by atoms with van der Waals surface area (Å²) in [5.74, 6) is -1.60. The number of carboxylic acids is 1. The lowest BCUT2D eigenvalue weighted by Crippen LogP contribution is -2.77. The Morgan fingerprint density at radius 3 is 2.18 bits per heavy atom. The number of rotatable bonds is 9. The van der Waals surface area contributed by atoms with Crippen molar-refractivity contribution < 1.29 is 53.4 Å². The zero-order valence-corrected chi connectivity index (χ0v) is 27.9. The number of hydrogen-bond acceptors (Lipinski definition) is 11. The van der Waals surface area contributed by atoms with E-state index in [1.165, 1.54) is 51.0 Å². The Bertz CT molecular complexity index is 1970. The van der Waals surface area contributed by atoms with Crippen LogP contribution in [-0.2, 0) is 43.9 Å². The molecule has 12 heteroatoms. The first-order chi connectivity index (χ1) is 23.9. The highest BCUT2D eigenvalue weighted by molar-refractivity contribution is 5.96. The summed E-state index contributed by atoms with van der Waals surface area (Å²) in [7, 11) is 0. The van der Waals surface area contributed by atoms with E-state index < -0.39 is 53.5 Å². The van der Waals surface area contributed by atoms with E-state index in [-0.39, 0.29) is 29.7 Å². The third kappa shape index (κ3) is 5.23. The minimum atomic E-state index is -1.13. The van der Waals surface area contributed by atoms with Gasteiger partial charge < -0.3 is 34.3 Å². The summed E-state index contributed by atoms with van der Waals surface area (Å²) in [6.45, 7) is 4.20. The maximum atomic E-state index is 13.8. The van der Waals surface area contributed by atoms with Gasteiger partial charge in [0.2, 0.25) is 0 Å². The van der Waals surface area contributed by atoms with E-state index in [0.29, 0.717) is 59.3 Å². The molecule has 2 bridgehead atoms. The van der Waals surface area contributed by atoms with E-state index in [1.54, 1.807) is 6.07 Å². The van der Waals surface area contributed by atoms with Gasteiger partial charge in [0.15, 0.2) is 11.5 Å². The van der Waals surface area contributed by atoms with Crippen LogP contribution >= 0.6 is 0 Å². The molecule has 5 aliphatic rings. The van der Waals surface area contributed by atoms with Crippen molar-refractivity contribution in [2.75, 3.05) is 13.1 Å². The number of aliphatic carboxylic acids is 1. The molecular weight excluding hydrogens is 646 g/mol. The van der Waals surface area contributed by atoms with Gasteiger partial charge in [-0.2, -0.15) is 0 Å². The average Bonchev–Trinajstić information content (AvgIpc) is 3.77. The normalized spacial score (nSPS) is 27.6. The third-order valence-corrected chi connectivity index (χ3v) is 11.3. The highest BCUT2D eigenvalue weighted by Crippen LogP contribution is 2.65. The van der Waals surface area contributed by atoms with Crippen molar-refractivity contribution >= 4 is 34.6 Å². The van der Waals surface area contributed by atoms with Gasteiger partial charge in [-0.05, 0) is 109 Å². The molecule has 1 saturated heterocycles. The maximum Gasteiger partial charge on any atom is 0.315 e. The smallest absolute Gasteiger partial charge is 0.315 e. The van der Waals surface area contributed by atoms with Gasteiger partial charge in [-0.15, -0.1) is 0 Å². The van der Waals surface area contributed by atoms with Crippen LogP contribution in [0.1, 0.15) is 68.2 Å². The van der Waals surface area contributed by atoms with E-state index in [2.05, 4.69) is 4.90 Å². The lowest BCUT2D eigenvalue weighted by molar-refractivity contribution is -0.208. The first-order valence-corrected chi connectivity index (χ1v) is 17.2. The molecule has 2 aliphatic heterocycles. The number of esters is 3. The number of hydrogen-bond donors (Lipinski definition) is 3. The van der Waals surface area contributed by atoms with Gasteiger partial charge in [0.05, 0.1) is 30.0 Å². The summed E-state index contributed by atoms with van der Waals surface area (Å²) in [5.41, 5.74) is 0.554. The molecule has 1 unspecified atom stereocenters. The number of piperidine rings is 1. The predicted octanol–water partition coefficient (Wildman–Crippen LogP) is 3.39. The second kappa shape index (κ2) is 11.8. The molecule has 3 aromatic carbocycles. The number of carbonyl (C=O) groups excluding carboxylic acids is 3. The lowest BCUT2D eigenvalue weighted by Gasteiger charge is -2.63. The van der Waals surface area contributed by atoms with Crippen LogP contribution in [0.25, 0.3) is 10.8 Å². The Morgan fingerprint density at radius 2 is 1.56 bits per heavy atom. The molecule has 3 N–H and O–H groups in total. The summed E-state index contributed by atoms with van der Waals surface area (Å²) in [6.07, 6.45) is 2.31. The fraction of sp³-hybridized carbons (Fsp3) is 0.474. The van der Waals surface area contributed by atoms with Crippen molar-refractivity contribution in [3.8, 4) is 23.0 Å². The average molecular weight is 686 g/mol. The Morgan fingerprint density at radius 1 is 0.900 bits per heavy atom. The number of ether oxygens (including phenoxy) is 4. The van der Waals surface area contributed by atoms with E-state index in [1.807, 2.05) is 6.07 Å². The Kier molecular flexibility index (Phi) is 7.70. The SMILES string of the molecule is CC(=O)Oc1cc(CC(=O)Oc2ccc3c4c2O[C@H]2C(O)CC[C@@]5(O)[C@@H](C3)N(CC3CC3)CC[C@]425)c2cc(OC(C)=O)cc(CC(=O)O)c2c1. The summed E-state index contributed by atoms with van der Waals surface area (Å²) in [5, 5.41) is 34.3. The quantitative estimate of drug-likeness (QED) is 0.222. The summed E-state index contributed by atoms with van der Waals surface area (Å²) < 4.78 is 23.2. The van der Waals surface area contributed by atoms with E-state index in [0.717, 1.165) is 24.2 Å². The molecule has 2 heterocycles.